The van der Waals surface area contributed by atoms with Crippen LogP contribution in [0.4, 0.5) is 10.9 Å². The number of rotatable bonds is 9. The van der Waals surface area contributed by atoms with Crippen molar-refractivity contribution in [1.29, 1.82) is 0 Å². The van der Waals surface area contributed by atoms with Crippen LogP contribution < -0.4 is 15.5 Å². The van der Waals surface area contributed by atoms with Crippen molar-refractivity contribution in [3.63, 3.8) is 0 Å². The second-order valence-electron chi connectivity index (χ2n) is 6.91. The summed E-state index contributed by atoms with van der Waals surface area (Å²) >= 11 is 1.51. The van der Waals surface area contributed by atoms with E-state index in [1.165, 1.54) is 11.5 Å². The molecular formula is C20H32N8S. The van der Waals surface area contributed by atoms with E-state index in [1.54, 1.807) is 0 Å². The van der Waals surface area contributed by atoms with Gasteiger partial charge in [0.25, 0.3) is 0 Å². The Kier molecular flexibility index (Phi) is 8.48. The third kappa shape index (κ3) is 6.56. The number of anilines is 2. The molecule has 1 fully saturated rings. The molecule has 158 valence electrons. The van der Waals surface area contributed by atoms with Crippen LogP contribution in [0, 0.1) is 0 Å². The number of guanidine groups is 1. The summed E-state index contributed by atoms with van der Waals surface area (Å²) in [7, 11) is 0. The summed E-state index contributed by atoms with van der Waals surface area (Å²) in [5, 5.41) is 7.83. The van der Waals surface area contributed by atoms with Gasteiger partial charge in [0.1, 0.15) is 11.6 Å². The molecular weight excluding hydrogens is 384 g/mol. The molecule has 1 aliphatic heterocycles. The van der Waals surface area contributed by atoms with Gasteiger partial charge in [0.05, 0.1) is 0 Å². The number of unbranched alkanes of at least 4 members (excludes halogenated alkanes) is 1. The van der Waals surface area contributed by atoms with Gasteiger partial charge in [0.15, 0.2) is 5.96 Å². The molecule has 0 radical (unpaired) electrons. The van der Waals surface area contributed by atoms with Crippen LogP contribution in [0.2, 0.25) is 0 Å². The van der Waals surface area contributed by atoms with Crippen molar-refractivity contribution < 1.29 is 0 Å². The summed E-state index contributed by atoms with van der Waals surface area (Å²) in [6.07, 6.45) is 4.83. The van der Waals surface area contributed by atoms with E-state index in [1.807, 2.05) is 24.4 Å². The third-order valence-corrected chi connectivity index (χ3v) is 5.59. The van der Waals surface area contributed by atoms with Gasteiger partial charge in [-0.2, -0.15) is 4.37 Å². The molecule has 2 aromatic rings. The van der Waals surface area contributed by atoms with Gasteiger partial charge in [0, 0.05) is 70.0 Å². The van der Waals surface area contributed by atoms with Crippen LogP contribution in [0.25, 0.3) is 0 Å². The number of hydrogen-bond acceptors (Lipinski definition) is 7. The molecule has 8 nitrogen and oxygen atoms in total. The smallest absolute Gasteiger partial charge is 0.205 e. The van der Waals surface area contributed by atoms with Crippen molar-refractivity contribution in [2.24, 2.45) is 4.99 Å². The predicted molar refractivity (Wildman–Crippen MR) is 121 cm³/mol. The number of hydrogen-bond donors (Lipinski definition) is 2. The highest BCUT2D eigenvalue weighted by Crippen LogP contribution is 2.19. The molecule has 0 atom stereocenters. The lowest BCUT2D eigenvalue weighted by molar-refractivity contribution is 0.372. The molecule has 0 bridgehead atoms. The lowest BCUT2D eigenvalue weighted by Gasteiger charge is -2.36. The van der Waals surface area contributed by atoms with Gasteiger partial charge in [-0.3, -0.25) is 4.99 Å². The summed E-state index contributed by atoms with van der Waals surface area (Å²) in [6.45, 7) is 10.7. The summed E-state index contributed by atoms with van der Waals surface area (Å²) in [5.41, 5.74) is 0. The molecule has 0 unspecified atom stereocenters. The standard InChI is InChI=1S/C20H32N8S/c1-3-17-25-20(29-26-17)28-15-13-27(14-16-28)19(21-4-2)24-12-8-7-11-23-18-9-5-6-10-22-18/h5-6,9-10H,3-4,7-8,11-16H2,1-2H3,(H,21,24)(H,22,23). The first-order valence-corrected chi connectivity index (χ1v) is 11.3. The topological polar surface area (TPSA) is 81.6 Å². The fourth-order valence-electron chi connectivity index (χ4n) is 3.16. The number of aliphatic imine (C=N–C) groups is 1. The summed E-state index contributed by atoms with van der Waals surface area (Å²) in [5.74, 6) is 2.90. The van der Waals surface area contributed by atoms with E-state index in [2.05, 4.69) is 48.6 Å². The maximum absolute atomic E-state index is 4.84. The van der Waals surface area contributed by atoms with Crippen LogP contribution in [0.5, 0.6) is 0 Å². The Bertz CT molecular complexity index is 740. The Labute approximate surface area is 177 Å². The number of nitrogens with one attached hydrogen (secondary N) is 2. The highest BCUT2D eigenvalue weighted by atomic mass is 32.1. The molecule has 3 rings (SSSR count). The van der Waals surface area contributed by atoms with E-state index in [0.29, 0.717) is 0 Å². The average Bonchev–Trinajstić information content (AvgIpc) is 3.25. The van der Waals surface area contributed by atoms with Crippen molar-refractivity contribution in [2.75, 3.05) is 56.0 Å². The van der Waals surface area contributed by atoms with Gasteiger partial charge >= 0.3 is 0 Å². The monoisotopic (exact) mass is 416 g/mol. The molecule has 0 aliphatic carbocycles. The number of pyridine rings is 1. The van der Waals surface area contributed by atoms with E-state index < -0.39 is 0 Å². The average molecular weight is 417 g/mol. The van der Waals surface area contributed by atoms with E-state index in [-0.39, 0.29) is 0 Å². The van der Waals surface area contributed by atoms with Crippen LogP contribution >= 0.6 is 11.5 Å². The molecule has 9 heteroatoms. The Hall–Kier alpha value is -2.42. The maximum Gasteiger partial charge on any atom is 0.205 e. The molecule has 0 amide bonds. The molecule has 1 saturated heterocycles. The largest absolute Gasteiger partial charge is 0.370 e. The van der Waals surface area contributed by atoms with Crippen LogP contribution in [-0.2, 0) is 6.42 Å². The highest BCUT2D eigenvalue weighted by molar-refractivity contribution is 7.09. The zero-order chi connectivity index (χ0) is 20.3. The van der Waals surface area contributed by atoms with E-state index >= 15 is 0 Å². The van der Waals surface area contributed by atoms with Crippen molar-refractivity contribution in [1.82, 2.24) is 24.6 Å². The minimum Gasteiger partial charge on any atom is -0.370 e. The molecule has 2 aromatic heterocycles. The van der Waals surface area contributed by atoms with E-state index in [9.17, 15) is 0 Å². The third-order valence-electron chi connectivity index (χ3n) is 4.78. The number of nitrogens with zero attached hydrogens (tertiary/aromatic N) is 6. The van der Waals surface area contributed by atoms with Crippen molar-refractivity contribution >= 4 is 28.4 Å². The quantitative estimate of drug-likeness (QED) is 0.369. The molecule has 29 heavy (non-hydrogen) atoms. The number of aromatic nitrogens is 3. The number of aryl methyl sites for hydroxylation is 1. The van der Waals surface area contributed by atoms with E-state index in [4.69, 9.17) is 4.99 Å². The second-order valence-corrected chi connectivity index (χ2v) is 7.64. The Morgan fingerprint density at radius 1 is 1.17 bits per heavy atom. The molecule has 3 heterocycles. The fourth-order valence-corrected chi connectivity index (χ4v) is 3.96. The Morgan fingerprint density at radius 3 is 2.72 bits per heavy atom. The zero-order valence-corrected chi connectivity index (χ0v) is 18.3. The minimum atomic E-state index is 0.836. The lowest BCUT2D eigenvalue weighted by Crippen LogP contribution is -2.52. The van der Waals surface area contributed by atoms with Gasteiger partial charge in [0.2, 0.25) is 5.13 Å². The fraction of sp³-hybridized carbons (Fsp3) is 0.600. The van der Waals surface area contributed by atoms with Gasteiger partial charge in [-0.1, -0.05) is 13.0 Å². The van der Waals surface area contributed by atoms with Crippen molar-refractivity contribution in [2.45, 2.75) is 33.1 Å². The summed E-state index contributed by atoms with van der Waals surface area (Å²) < 4.78 is 4.41. The zero-order valence-electron chi connectivity index (χ0n) is 17.5. The van der Waals surface area contributed by atoms with Gasteiger partial charge < -0.3 is 20.4 Å². The molecule has 2 N–H and O–H groups in total. The maximum atomic E-state index is 4.84. The molecule has 1 aliphatic rings. The molecule has 0 saturated carbocycles. The van der Waals surface area contributed by atoms with Crippen LogP contribution in [0.15, 0.2) is 29.4 Å². The van der Waals surface area contributed by atoms with Crippen LogP contribution in [0.1, 0.15) is 32.5 Å². The molecule has 0 spiro atoms. The van der Waals surface area contributed by atoms with Gasteiger partial charge in [-0.25, -0.2) is 9.97 Å². The number of piperazine rings is 1. The summed E-state index contributed by atoms with van der Waals surface area (Å²) in [4.78, 5) is 18.4. The lowest BCUT2D eigenvalue weighted by atomic mass is 10.3. The van der Waals surface area contributed by atoms with Crippen LogP contribution in [0.3, 0.4) is 0 Å². The first-order chi connectivity index (χ1) is 14.3. The Morgan fingerprint density at radius 2 is 2.03 bits per heavy atom. The first kappa shape index (κ1) is 21.3. The first-order valence-electron chi connectivity index (χ1n) is 10.6. The van der Waals surface area contributed by atoms with Crippen molar-refractivity contribution in [3.8, 4) is 0 Å². The van der Waals surface area contributed by atoms with Crippen LogP contribution in [-0.4, -0.2) is 71.0 Å². The van der Waals surface area contributed by atoms with Gasteiger partial charge in [-0.15, -0.1) is 0 Å². The van der Waals surface area contributed by atoms with Crippen molar-refractivity contribution in [3.05, 3.63) is 30.2 Å². The summed E-state index contributed by atoms with van der Waals surface area (Å²) in [6, 6.07) is 5.92. The Balaban J connectivity index is 1.40. The normalized spacial score (nSPS) is 14.9. The molecule has 0 aromatic carbocycles. The highest BCUT2D eigenvalue weighted by Gasteiger charge is 2.21. The van der Waals surface area contributed by atoms with Gasteiger partial charge in [-0.05, 0) is 31.9 Å². The SMILES string of the molecule is CCNC(=NCCCCNc1ccccn1)N1CCN(c2nc(CC)ns2)CC1. The second kappa shape index (κ2) is 11.5. The van der Waals surface area contributed by atoms with E-state index in [0.717, 1.165) is 87.8 Å². The minimum absolute atomic E-state index is 0.836. The predicted octanol–water partition coefficient (Wildman–Crippen LogP) is 2.48.